The van der Waals surface area contributed by atoms with Crippen molar-refractivity contribution in [2.75, 3.05) is 26.8 Å². The second-order valence-corrected chi connectivity index (χ2v) is 7.18. The summed E-state index contributed by atoms with van der Waals surface area (Å²) in [6.45, 7) is 3.63. The van der Waals surface area contributed by atoms with Crippen LogP contribution in [0.1, 0.15) is 25.8 Å². The van der Waals surface area contributed by atoms with Gasteiger partial charge in [-0.1, -0.05) is 17.7 Å². The fourth-order valence-corrected chi connectivity index (χ4v) is 3.34. The van der Waals surface area contributed by atoms with Crippen molar-refractivity contribution in [3.05, 3.63) is 34.6 Å². The quantitative estimate of drug-likeness (QED) is 0.879. The van der Waals surface area contributed by atoms with Crippen molar-refractivity contribution in [3.63, 3.8) is 0 Å². The summed E-state index contributed by atoms with van der Waals surface area (Å²) < 4.78 is 19.3. The van der Waals surface area contributed by atoms with E-state index in [4.69, 9.17) is 16.3 Å². The molecule has 24 heavy (non-hydrogen) atoms. The Labute approximate surface area is 145 Å². The molecule has 0 bridgehead atoms. The first-order valence-electron chi connectivity index (χ1n) is 7.61. The van der Waals surface area contributed by atoms with Crippen LogP contribution in [0.25, 0.3) is 0 Å². The predicted molar refractivity (Wildman–Crippen MR) is 87.6 cm³/mol. The summed E-state index contributed by atoms with van der Waals surface area (Å²) in [6.07, 6.45) is 0.307. The highest BCUT2D eigenvalue weighted by atomic mass is 35.5. The highest BCUT2D eigenvalue weighted by Gasteiger charge is 2.49. The molecule has 1 amide bonds. The minimum atomic E-state index is -1.13. The fraction of sp³-hybridized carbons (Fsp3) is 0.529. The molecule has 1 heterocycles. The number of carbonyl (C=O) groups is 2. The summed E-state index contributed by atoms with van der Waals surface area (Å²) in [5.41, 5.74) is -2.01. The van der Waals surface area contributed by atoms with Crippen molar-refractivity contribution in [1.29, 1.82) is 0 Å². The number of benzene rings is 1. The number of rotatable bonds is 5. The summed E-state index contributed by atoms with van der Waals surface area (Å²) in [5.74, 6) is -1.86. The molecule has 0 aromatic heterocycles. The van der Waals surface area contributed by atoms with Gasteiger partial charge in [-0.3, -0.25) is 9.59 Å². The van der Waals surface area contributed by atoms with Gasteiger partial charge < -0.3 is 14.7 Å². The third kappa shape index (κ3) is 3.26. The Balaban J connectivity index is 2.26. The van der Waals surface area contributed by atoms with E-state index < -0.39 is 22.6 Å². The Morgan fingerprint density at radius 2 is 2.12 bits per heavy atom. The van der Waals surface area contributed by atoms with Crippen LogP contribution in [0.3, 0.4) is 0 Å². The number of hydrogen-bond donors (Lipinski definition) is 1. The first-order chi connectivity index (χ1) is 11.1. The zero-order valence-corrected chi connectivity index (χ0v) is 14.7. The Hall–Kier alpha value is -1.66. The van der Waals surface area contributed by atoms with Crippen LogP contribution in [0.4, 0.5) is 4.39 Å². The number of amides is 1. The standard InChI is InChI=1S/C17H21ClFNO4/c1-16(2,12-5-4-11(18)8-13(12)19)14(21)20-7-6-17(9-20,10-24-3)15(22)23/h4-5,8H,6-7,9-10H2,1-3H3,(H,22,23). The van der Waals surface area contributed by atoms with Gasteiger partial charge in [-0.2, -0.15) is 0 Å². The molecule has 0 aliphatic carbocycles. The number of methoxy groups -OCH3 is 1. The summed E-state index contributed by atoms with van der Waals surface area (Å²) in [4.78, 5) is 26.0. The highest BCUT2D eigenvalue weighted by molar-refractivity contribution is 6.30. The number of aliphatic carboxylic acids is 1. The molecule has 1 aliphatic rings. The van der Waals surface area contributed by atoms with Crippen molar-refractivity contribution in [2.24, 2.45) is 5.41 Å². The van der Waals surface area contributed by atoms with Crippen LogP contribution >= 0.6 is 11.6 Å². The average Bonchev–Trinajstić information content (AvgIpc) is 2.92. The van der Waals surface area contributed by atoms with E-state index in [1.807, 2.05) is 0 Å². The molecule has 1 aliphatic heterocycles. The molecule has 0 spiro atoms. The molecule has 1 aromatic carbocycles. The van der Waals surface area contributed by atoms with Gasteiger partial charge in [0.2, 0.25) is 5.91 Å². The molecule has 1 aromatic rings. The summed E-state index contributed by atoms with van der Waals surface area (Å²) in [5, 5.41) is 9.75. The predicted octanol–water partition coefficient (Wildman–Crippen LogP) is 2.71. The normalized spacial score (nSPS) is 21.1. The second kappa shape index (κ2) is 6.69. The number of carboxylic acids is 1. The lowest BCUT2D eigenvalue weighted by atomic mass is 9.82. The van der Waals surface area contributed by atoms with Crippen LogP contribution in [-0.2, 0) is 19.7 Å². The Bertz CT molecular complexity index is 664. The highest BCUT2D eigenvalue weighted by Crippen LogP contribution is 2.36. The third-order valence-corrected chi connectivity index (χ3v) is 4.89. The molecule has 132 valence electrons. The average molecular weight is 358 g/mol. The van der Waals surface area contributed by atoms with Gasteiger partial charge in [-0.25, -0.2) is 4.39 Å². The largest absolute Gasteiger partial charge is 0.481 e. The first-order valence-corrected chi connectivity index (χ1v) is 7.99. The molecular formula is C17H21ClFNO4. The van der Waals surface area contributed by atoms with E-state index in [9.17, 15) is 19.1 Å². The molecule has 1 unspecified atom stereocenters. The minimum absolute atomic E-state index is 0.0296. The molecular weight excluding hydrogens is 337 g/mol. The maximum atomic E-state index is 14.2. The van der Waals surface area contributed by atoms with E-state index in [-0.39, 0.29) is 29.6 Å². The lowest BCUT2D eigenvalue weighted by Gasteiger charge is -2.31. The summed E-state index contributed by atoms with van der Waals surface area (Å²) in [7, 11) is 1.43. The van der Waals surface area contributed by atoms with Gasteiger partial charge in [-0.15, -0.1) is 0 Å². The van der Waals surface area contributed by atoms with Crippen molar-refractivity contribution in [2.45, 2.75) is 25.7 Å². The van der Waals surface area contributed by atoms with E-state index in [1.165, 1.54) is 30.2 Å². The monoisotopic (exact) mass is 357 g/mol. The van der Waals surface area contributed by atoms with E-state index in [0.29, 0.717) is 13.0 Å². The number of likely N-dealkylation sites (tertiary alicyclic amines) is 1. The molecule has 1 saturated heterocycles. The molecule has 1 fully saturated rings. The maximum Gasteiger partial charge on any atom is 0.313 e. The van der Waals surface area contributed by atoms with Crippen molar-refractivity contribution < 1.29 is 23.8 Å². The summed E-state index contributed by atoms with van der Waals surface area (Å²) in [6, 6.07) is 4.19. The topological polar surface area (TPSA) is 66.8 Å². The minimum Gasteiger partial charge on any atom is -0.481 e. The van der Waals surface area contributed by atoms with Gasteiger partial charge in [0.15, 0.2) is 0 Å². The number of ether oxygens (including phenoxy) is 1. The lowest BCUT2D eigenvalue weighted by molar-refractivity contribution is -0.152. The third-order valence-electron chi connectivity index (χ3n) is 4.65. The van der Waals surface area contributed by atoms with Crippen LogP contribution in [0.5, 0.6) is 0 Å². The number of hydrogen-bond acceptors (Lipinski definition) is 3. The summed E-state index contributed by atoms with van der Waals surface area (Å²) >= 11 is 5.77. The maximum absolute atomic E-state index is 14.2. The Morgan fingerprint density at radius 1 is 1.46 bits per heavy atom. The van der Waals surface area contributed by atoms with Crippen LogP contribution in [0, 0.1) is 11.2 Å². The van der Waals surface area contributed by atoms with E-state index in [2.05, 4.69) is 0 Å². The van der Waals surface area contributed by atoms with Crippen molar-refractivity contribution >= 4 is 23.5 Å². The van der Waals surface area contributed by atoms with E-state index in [1.54, 1.807) is 13.8 Å². The molecule has 0 saturated carbocycles. The van der Waals surface area contributed by atoms with Crippen LogP contribution in [-0.4, -0.2) is 48.7 Å². The molecule has 2 rings (SSSR count). The van der Waals surface area contributed by atoms with Gasteiger partial charge in [0.1, 0.15) is 11.2 Å². The molecule has 7 heteroatoms. The van der Waals surface area contributed by atoms with Gasteiger partial charge in [-0.05, 0) is 32.4 Å². The Kier molecular flexibility index (Phi) is 5.20. The molecule has 1 atom stereocenters. The van der Waals surface area contributed by atoms with Gasteiger partial charge >= 0.3 is 5.97 Å². The van der Waals surface area contributed by atoms with Crippen LogP contribution < -0.4 is 0 Å². The number of nitrogens with zero attached hydrogens (tertiary/aromatic N) is 1. The zero-order valence-electron chi connectivity index (χ0n) is 13.9. The lowest BCUT2D eigenvalue weighted by Crippen LogP contribution is -2.45. The number of carbonyl (C=O) groups excluding carboxylic acids is 1. The van der Waals surface area contributed by atoms with Crippen LogP contribution in [0.15, 0.2) is 18.2 Å². The Morgan fingerprint density at radius 3 is 2.67 bits per heavy atom. The van der Waals surface area contributed by atoms with Crippen molar-refractivity contribution in [1.82, 2.24) is 4.90 Å². The zero-order chi connectivity index (χ0) is 18.1. The molecule has 1 N–H and O–H groups in total. The van der Waals surface area contributed by atoms with Gasteiger partial charge in [0.05, 0.1) is 12.0 Å². The smallest absolute Gasteiger partial charge is 0.313 e. The number of halogens is 2. The van der Waals surface area contributed by atoms with Crippen LogP contribution in [0.2, 0.25) is 5.02 Å². The second-order valence-electron chi connectivity index (χ2n) is 6.74. The number of carboxylic acid groups (broad SMARTS) is 1. The molecule has 5 nitrogen and oxygen atoms in total. The van der Waals surface area contributed by atoms with E-state index in [0.717, 1.165) is 0 Å². The SMILES string of the molecule is COCC1(C(=O)O)CCN(C(=O)C(C)(C)c2ccc(Cl)cc2F)C1. The van der Waals surface area contributed by atoms with Gasteiger partial charge in [0, 0.05) is 30.8 Å². The van der Waals surface area contributed by atoms with Gasteiger partial charge in [0.25, 0.3) is 0 Å². The fourth-order valence-electron chi connectivity index (χ4n) is 3.18. The molecule has 0 radical (unpaired) electrons. The van der Waals surface area contributed by atoms with Crippen molar-refractivity contribution in [3.8, 4) is 0 Å². The first kappa shape index (κ1) is 18.7. The van der Waals surface area contributed by atoms with E-state index >= 15 is 0 Å².